The largest absolute Gasteiger partial charge is 0.486 e. The summed E-state index contributed by atoms with van der Waals surface area (Å²) in [6.45, 7) is 3.91. The number of carboxylic acid groups (broad SMARTS) is 1. The highest BCUT2D eigenvalue weighted by Crippen LogP contribution is 2.17. The van der Waals surface area contributed by atoms with Gasteiger partial charge in [0.05, 0.1) is 18.0 Å². The van der Waals surface area contributed by atoms with E-state index in [2.05, 4.69) is 5.10 Å². The molecule has 6 heteroatoms. The lowest BCUT2D eigenvalue weighted by atomic mass is 10.1. The van der Waals surface area contributed by atoms with Crippen LogP contribution in [0.5, 0.6) is 5.75 Å². The van der Waals surface area contributed by atoms with Gasteiger partial charge in [0.25, 0.3) is 0 Å². The summed E-state index contributed by atoms with van der Waals surface area (Å²) < 4.78 is 20.7. The van der Waals surface area contributed by atoms with Crippen molar-refractivity contribution in [1.29, 1.82) is 0 Å². The highest BCUT2D eigenvalue weighted by molar-refractivity contribution is 5.87. The van der Waals surface area contributed by atoms with Gasteiger partial charge in [-0.3, -0.25) is 4.68 Å². The average Bonchev–Trinajstić information content (AvgIpc) is 2.86. The molecule has 1 aromatic carbocycles. The molecule has 0 aliphatic heterocycles. The molecule has 0 saturated heterocycles. The van der Waals surface area contributed by atoms with Gasteiger partial charge in [0, 0.05) is 11.6 Å². The smallest absolute Gasteiger partial charge is 0.335 e. The summed E-state index contributed by atoms with van der Waals surface area (Å²) in [5.74, 6) is -1.08. The third-order valence-electron chi connectivity index (χ3n) is 2.79. The molecule has 0 spiro atoms. The van der Waals surface area contributed by atoms with E-state index >= 15 is 0 Å². The van der Waals surface area contributed by atoms with Gasteiger partial charge >= 0.3 is 5.97 Å². The number of rotatable bonds is 5. The van der Waals surface area contributed by atoms with Crippen LogP contribution in [0.4, 0.5) is 4.39 Å². The van der Waals surface area contributed by atoms with Crippen LogP contribution in [0, 0.1) is 5.82 Å². The molecule has 0 fully saturated rings. The Morgan fingerprint density at radius 2 is 2.25 bits per heavy atom. The van der Waals surface area contributed by atoms with E-state index in [1.807, 2.05) is 13.8 Å². The van der Waals surface area contributed by atoms with Crippen molar-refractivity contribution in [3.05, 3.63) is 47.5 Å². The molecule has 5 nitrogen and oxygen atoms in total. The second kappa shape index (κ2) is 5.73. The summed E-state index contributed by atoms with van der Waals surface area (Å²) in [4.78, 5) is 10.8. The van der Waals surface area contributed by atoms with Crippen molar-refractivity contribution in [2.24, 2.45) is 0 Å². The third-order valence-corrected chi connectivity index (χ3v) is 2.79. The van der Waals surface area contributed by atoms with Crippen LogP contribution < -0.4 is 4.74 Å². The zero-order chi connectivity index (χ0) is 14.7. The predicted molar refractivity (Wildman–Crippen MR) is 70.3 cm³/mol. The monoisotopic (exact) mass is 278 g/mol. The first kappa shape index (κ1) is 14.0. The number of carboxylic acids is 1. The fourth-order valence-corrected chi connectivity index (χ4v) is 1.66. The molecule has 20 heavy (non-hydrogen) atoms. The maximum Gasteiger partial charge on any atom is 0.335 e. The van der Waals surface area contributed by atoms with Crippen molar-refractivity contribution in [2.75, 3.05) is 0 Å². The van der Waals surface area contributed by atoms with Gasteiger partial charge in [-0.1, -0.05) is 0 Å². The molecule has 1 N–H and O–H groups in total. The van der Waals surface area contributed by atoms with E-state index in [1.165, 1.54) is 12.1 Å². The van der Waals surface area contributed by atoms with Gasteiger partial charge < -0.3 is 9.84 Å². The normalized spacial score (nSPS) is 10.8. The topological polar surface area (TPSA) is 64.3 Å². The molecule has 2 rings (SSSR count). The fraction of sp³-hybridized carbons (Fsp3) is 0.286. The van der Waals surface area contributed by atoms with E-state index < -0.39 is 11.8 Å². The van der Waals surface area contributed by atoms with Crippen LogP contribution in [0.1, 0.15) is 35.8 Å². The number of nitrogens with zero attached hydrogens (tertiary/aromatic N) is 2. The molecule has 1 aromatic heterocycles. The lowest BCUT2D eigenvalue weighted by Crippen LogP contribution is -2.03. The summed E-state index contributed by atoms with van der Waals surface area (Å²) in [6, 6.07) is 3.82. The zero-order valence-corrected chi connectivity index (χ0v) is 11.2. The van der Waals surface area contributed by atoms with Gasteiger partial charge in [-0.2, -0.15) is 5.10 Å². The molecule has 0 aliphatic carbocycles. The summed E-state index contributed by atoms with van der Waals surface area (Å²) >= 11 is 0. The molecule has 0 radical (unpaired) electrons. The van der Waals surface area contributed by atoms with Crippen molar-refractivity contribution in [1.82, 2.24) is 9.78 Å². The molecule has 106 valence electrons. The summed E-state index contributed by atoms with van der Waals surface area (Å²) in [7, 11) is 0. The Morgan fingerprint density at radius 3 is 2.85 bits per heavy atom. The molecule has 0 unspecified atom stereocenters. The van der Waals surface area contributed by atoms with Gasteiger partial charge in [-0.25, -0.2) is 9.18 Å². The lowest BCUT2D eigenvalue weighted by molar-refractivity contribution is 0.0696. The lowest BCUT2D eigenvalue weighted by Gasteiger charge is -2.06. The van der Waals surface area contributed by atoms with E-state index in [1.54, 1.807) is 17.1 Å². The molecule has 1 heterocycles. The van der Waals surface area contributed by atoms with E-state index in [0.717, 1.165) is 6.07 Å². The second-order valence-corrected chi connectivity index (χ2v) is 4.65. The number of aromatic carboxylic acids is 1. The highest BCUT2D eigenvalue weighted by atomic mass is 19.1. The van der Waals surface area contributed by atoms with Gasteiger partial charge in [-0.05, 0) is 32.0 Å². The van der Waals surface area contributed by atoms with Gasteiger partial charge in [0.1, 0.15) is 12.4 Å². The Balaban J connectivity index is 2.09. The first-order valence-corrected chi connectivity index (χ1v) is 6.16. The van der Waals surface area contributed by atoms with E-state index in [-0.39, 0.29) is 23.8 Å². The van der Waals surface area contributed by atoms with Crippen molar-refractivity contribution in [2.45, 2.75) is 26.5 Å². The van der Waals surface area contributed by atoms with Crippen LogP contribution in [-0.2, 0) is 6.61 Å². The third kappa shape index (κ3) is 3.14. The Bertz CT molecular complexity index is 623. The van der Waals surface area contributed by atoms with Gasteiger partial charge in [0.15, 0.2) is 5.75 Å². The van der Waals surface area contributed by atoms with Crippen LogP contribution in [0.2, 0.25) is 0 Å². The number of ether oxygens (including phenoxy) is 1. The molecular weight excluding hydrogens is 263 g/mol. The first-order valence-electron chi connectivity index (χ1n) is 6.16. The van der Waals surface area contributed by atoms with Crippen LogP contribution in [0.25, 0.3) is 0 Å². The van der Waals surface area contributed by atoms with E-state index in [4.69, 9.17) is 9.84 Å². The SMILES string of the molecule is CC(C)n1cc(OCc2cc(C(=O)O)ccc2F)cn1. The maximum absolute atomic E-state index is 13.6. The van der Waals surface area contributed by atoms with Crippen LogP contribution >= 0.6 is 0 Å². The minimum atomic E-state index is -1.10. The minimum absolute atomic E-state index is 0.0304. The molecule has 0 amide bonds. The molecule has 0 atom stereocenters. The van der Waals surface area contributed by atoms with E-state index in [0.29, 0.717) is 5.75 Å². The quantitative estimate of drug-likeness (QED) is 0.913. The number of hydrogen-bond acceptors (Lipinski definition) is 3. The Labute approximate surface area is 115 Å². The summed E-state index contributed by atoms with van der Waals surface area (Å²) in [5.41, 5.74) is 0.227. The van der Waals surface area contributed by atoms with Gasteiger partial charge in [-0.15, -0.1) is 0 Å². The minimum Gasteiger partial charge on any atom is -0.486 e. The maximum atomic E-state index is 13.6. The van der Waals surface area contributed by atoms with Crippen LogP contribution in [0.3, 0.4) is 0 Å². The number of aromatic nitrogens is 2. The fourth-order valence-electron chi connectivity index (χ4n) is 1.66. The summed E-state index contributed by atoms with van der Waals surface area (Å²) in [5, 5.41) is 13.0. The Morgan fingerprint density at radius 1 is 1.50 bits per heavy atom. The highest BCUT2D eigenvalue weighted by Gasteiger charge is 2.10. The molecule has 0 saturated carbocycles. The number of benzene rings is 1. The van der Waals surface area contributed by atoms with E-state index in [9.17, 15) is 9.18 Å². The standard InChI is InChI=1S/C14H15FN2O3/c1-9(2)17-7-12(6-16-17)20-8-11-5-10(14(18)19)3-4-13(11)15/h3-7,9H,8H2,1-2H3,(H,18,19). The average molecular weight is 278 g/mol. The predicted octanol–water partition coefficient (Wildman–Crippen LogP) is 2.88. The second-order valence-electron chi connectivity index (χ2n) is 4.65. The van der Waals surface area contributed by atoms with Crippen molar-refractivity contribution in [3.63, 3.8) is 0 Å². The first-order chi connectivity index (χ1) is 9.47. The molecule has 2 aromatic rings. The zero-order valence-electron chi connectivity index (χ0n) is 11.2. The molecule has 0 bridgehead atoms. The van der Waals surface area contributed by atoms with Crippen molar-refractivity contribution >= 4 is 5.97 Å². The number of carbonyl (C=O) groups is 1. The van der Waals surface area contributed by atoms with Crippen LogP contribution in [0.15, 0.2) is 30.6 Å². The van der Waals surface area contributed by atoms with Gasteiger partial charge in [0.2, 0.25) is 0 Å². The Hall–Kier alpha value is -2.37. The molecule has 0 aliphatic rings. The van der Waals surface area contributed by atoms with Crippen LogP contribution in [-0.4, -0.2) is 20.9 Å². The molecular formula is C14H15FN2O3. The number of halogens is 1. The Kier molecular flexibility index (Phi) is 4.02. The van der Waals surface area contributed by atoms with Crippen molar-refractivity contribution < 1.29 is 19.0 Å². The number of hydrogen-bond donors (Lipinski definition) is 1. The van der Waals surface area contributed by atoms with Crippen molar-refractivity contribution in [3.8, 4) is 5.75 Å². The summed E-state index contributed by atoms with van der Waals surface area (Å²) in [6.07, 6.45) is 3.25.